The molecule has 0 bridgehead atoms. The van der Waals surface area contributed by atoms with Crippen molar-refractivity contribution in [2.24, 2.45) is 0 Å². The molecule has 0 N–H and O–H groups in total. The molecular weight excluding hydrogens is 319 g/mol. The van der Waals surface area contributed by atoms with Crippen molar-refractivity contribution in [3.63, 3.8) is 0 Å². The van der Waals surface area contributed by atoms with E-state index < -0.39 is 3.37 Å². The van der Waals surface area contributed by atoms with Crippen LogP contribution in [0.1, 0.15) is 19.8 Å². The third-order valence-electron chi connectivity index (χ3n) is 0.765. The molecule has 50 valence electrons. The highest BCUT2D eigenvalue weighted by Gasteiger charge is 2.27. The lowest BCUT2D eigenvalue weighted by atomic mass is 10.4. The van der Waals surface area contributed by atoms with Crippen molar-refractivity contribution in [2.45, 2.75) is 19.8 Å². The smallest absolute Gasteiger partial charge is 0.0652 e. The second-order valence-electron chi connectivity index (χ2n) is 1.63. The molecule has 0 aliphatic rings. The molecule has 0 rings (SSSR count). The van der Waals surface area contributed by atoms with E-state index in [1.807, 2.05) is 0 Å². The molecule has 0 aliphatic carbocycles. The van der Waals surface area contributed by atoms with Crippen molar-refractivity contribution in [3.05, 3.63) is 0 Å². The number of hydrogen-bond donors (Lipinski definition) is 0. The van der Waals surface area contributed by atoms with Gasteiger partial charge in [0.1, 0.15) is 0 Å². The average molecular weight is 328 g/mol. The van der Waals surface area contributed by atoms with Crippen molar-refractivity contribution < 1.29 is 0 Å². The van der Waals surface area contributed by atoms with E-state index in [-0.39, 0.29) is 0 Å². The highest BCUT2D eigenvalue weighted by Crippen LogP contribution is 2.80. The summed E-state index contributed by atoms with van der Waals surface area (Å²) < 4.78 is -0.995. The summed E-state index contributed by atoms with van der Waals surface area (Å²) in [5, 5.41) is 0. The van der Waals surface area contributed by atoms with Gasteiger partial charge < -0.3 is 0 Å². The van der Waals surface area contributed by atoms with Crippen LogP contribution >= 0.6 is 49.8 Å². The summed E-state index contributed by atoms with van der Waals surface area (Å²) in [6, 6.07) is 0. The molecule has 8 heavy (non-hydrogen) atoms. The number of hydrogen-bond acceptors (Lipinski definition) is 0. The Bertz CT molecular complexity index is 58.8. The predicted molar refractivity (Wildman–Crippen MR) is 53.5 cm³/mol. The fourth-order valence-electron chi connectivity index (χ4n) is 0.337. The van der Waals surface area contributed by atoms with E-state index in [2.05, 4.69) is 53.4 Å². The first-order valence-electron chi connectivity index (χ1n) is 2.53. The molecule has 0 radical (unpaired) electrons. The monoisotopic (exact) mass is 325 g/mol. The van der Waals surface area contributed by atoms with Gasteiger partial charge >= 0.3 is 0 Å². The molecule has 0 saturated carbocycles. The van der Waals surface area contributed by atoms with Crippen LogP contribution < -0.4 is 0 Å². The quantitative estimate of drug-likeness (QED) is 0.657. The molecule has 0 heterocycles. The van der Waals surface area contributed by atoms with Gasteiger partial charge in [-0.15, -0.1) is 0 Å². The van der Waals surface area contributed by atoms with Gasteiger partial charge in [-0.25, -0.2) is 0 Å². The largest absolute Gasteiger partial charge is 0.221 e. The van der Waals surface area contributed by atoms with Gasteiger partial charge in [0.05, 0.1) is 6.16 Å². The standard InChI is InChI=1S/C4H9Br3P/c1-2-3-4-8(5,6)7/h2-4H2,1H3/q+1. The van der Waals surface area contributed by atoms with Crippen LogP contribution in [0.2, 0.25) is 0 Å². The Balaban J connectivity index is 3.11. The molecular formula is C4H9Br3P+. The summed E-state index contributed by atoms with van der Waals surface area (Å²) in [4.78, 5) is 0. The van der Waals surface area contributed by atoms with E-state index in [1.54, 1.807) is 0 Å². The third kappa shape index (κ3) is 7.87. The molecule has 0 fully saturated rings. The van der Waals surface area contributed by atoms with Gasteiger partial charge in [0.15, 0.2) is 46.5 Å². The fraction of sp³-hybridized carbons (Fsp3) is 1.00. The summed E-state index contributed by atoms with van der Waals surface area (Å²) in [7, 11) is 0. The van der Waals surface area contributed by atoms with Crippen LogP contribution in [-0.2, 0) is 0 Å². The Morgan fingerprint density at radius 1 is 1.25 bits per heavy atom. The first kappa shape index (κ1) is 9.87. The van der Waals surface area contributed by atoms with E-state index in [0.717, 1.165) is 0 Å². The first-order chi connectivity index (χ1) is 3.56. The molecule has 0 nitrogen and oxygen atoms in total. The van der Waals surface area contributed by atoms with Gasteiger partial charge in [-0.1, -0.05) is 13.3 Å². The van der Waals surface area contributed by atoms with Crippen LogP contribution in [0.5, 0.6) is 0 Å². The summed E-state index contributed by atoms with van der Waals surface area (Å²) in [5.41, 5.74) is 0. The minimum absolute atomic E-state index is 0.995. The van der Waals surface area contributed by atoms with Crippen LogP contribution in [0.3, 0.4) is 0 Å². The predicted octanol–water partition coefficient (Wildman–Crippen LogP) is 4.73. The summed E-state index contributed by atoms with van der Waals surface area (Å²) in [6.07, 6.45) is 3.78. The van der Waals surface area contributed by atoms with Crippen molar-refractivity contribution in [3.8, 4) is 0 Å². The van der Waals surface area contributed by atoms with Crippen LogP contribution in [0.25, 0.3) is 0 Å². The normalized spacial score (nSPS) is 12.0. The Kier molecular flexibility index (Phi) is 5.74. The minimum atomic E-state index is -0.995. The van der Waals surface area contributed by atoms with Crippen molar-refractivity contribution in [1.82, 2.24) is 0 Å². The van der Waals surface area contributed by atoms with E-state index in [4.69, 9.17) is 0 Å². The van der Waals surface area contributed by atoms with Crippen molar-refractivity contribution >= 4 is 49.8 Å². The Hall–Kier alpha value is 1.87. The lowest BCUT2D eigenvalue weighted by Gasteiger charge is -1.97. The second kappa shape index (κ2) is 4.65. The van der Waals surface area contributed by atoms with Crippen LogP contribution in [0, 0.1) is 0 Å². The van der Waals surface area contributed by atoms with Gasteiger partial charge in [-0.05, 0) is 6.42 Å². The average Bonchev–Trinajstić information content (AvgIpc) is 1.59. The molecule has 0 aromatic rings. The molecule has 0 unspecified atom stereocenters. The van der Waals surface area contributed by atoms with Crippen molar-refractivity contribution in [2.75, 3.05) is 6.16 Å². The Morgan fingerprint density at radius 2 is 1.75 bits per heavy atom. The number of rotatable bonds is 3. The lowest BCUT2D eigenvalue weighted by molar-refractivity contribution is 0.895. The third-order valence-corrected chi connectivity index (χ3v) is 4.78. The zero-order valence-electron chi connectivity index (χ0n) is 4.70. The maximum absolute atomic E-state index is 3.52. The number of halogens is 3. The van der Waals surface area contributed by atoms with Crippen LogP contribution in [-0.4, -0.2) is 6.16 Å². The van der Waals surface area contributed by atoms with E-state index in [9.17, 15) is 0 Å². The zero-order valence-corrected chi connectivity index (χ0v) is 10.4. The van der Waals surface area contributed by atoms with Crippen LogP contribution in [0.15, 0.2) is 0 Å². The Labute approximate surface area is 75.4 Å². The lowest BCUT2D eigenvalue weighted by Crippen LogP contribution is -1.75. The van der Waals surface area contributed by atoms with E-state index >= 15 is 0 Å². The van der Waals surface area contributed by atoms with Crippen molar-refractivity contribution in [1.29, 1.82) is 0 Å². The molecule has 0 saturated heterocycles. The molecule has 0 aromatic heterocycles. The van der Waals surface area contributed by atoms with Crippen LogP contribution in [0.4, 0.5) is 0 Å². The highest BCUT2D eigenvalue weighted by molar-refractivity contribution is 9.96. The van der Waals surface area contributed by atoms with E-state index in [0.29, 0.717) is 0 Å². The fourth-order valence-corrected chi connectivity index (χ4v) is 3.27. The molecule has 0 spiro atoms. The topological polar surface area (TPSA) is 0 Å². The molecule has 0 aromatic carbocycles. The van der Waals surface area contributed by atoms with Gasteiger partial charge in [-0.2, -0.15) is 0 Å². The number of unbranched alkanes of at least 4 members (excludes halogenated alkanes) is 1. The molecule has 0 amide bonds. The minimum Gasteiger partial charge on any atom is -0.0652 e. The molecule has 0 aliphatic heterocycles. The van der Waals surface area contributed by atoms with Gasteiger partial charge in [-0.3, -0.25) is 0 Å². The maximum atomic E-state index is 3.52. The Morgan fingerprint density at radius 3 is 1.88 bits per heavy atom. The molecule has 4 heteroatoms. The van der Waals surface area contributed by atoms with Gasteiger partial charge in [0.2, 0.25) is 3.37 Å². The second-order valence-corrected chi connectivity index (χ2v) is 22.6. The van der Waals surface area contributed by atoms with E-state index in [1.165, 1.54) is 19.0 Å². The van der Waals surface area contributed by atoms with Gasteiger partial charge in [0, 0.05) is 0 Å². The summed E-state index contributed by atoms with van der Waals surface area (Å²) in [6.45, 7) is 2.20. The first-order valence-corrected chi connectivity index (χ1v) is 10.6. The SMILES string of the molecule is CCCC[P+](Br)(Br)Br. The summed E-state index contributed by atoms with van der Waals surface area (Å²) in [5.74, 6) is 0. The van der Waals surface area contributed by atoms with Gasteiger partial charge in [0.25, 0.3) is 0 Å². The highest BCUT2D eigenvalue weighted by atomic mass is 80.0. The zero-order chi connectivity index (χ0) is 6.62. The molecule has 0 atom stereocenters. The summed E-state index contributed by atoms with van der Waals surface area (Å²) >= 11 is 10.6. The maximum Gasteiger partial charge on any atom is 0.221 e.